The van der Waals surface area contributed by atoms with Crippen molar-refractivity contribution < 1.29 is 14.4 Å². The van der Waals surface area contributed by atoms with Crippen molar-refractivity contribution in [2.24, 2.45) is 0 Å². The predicted molar refractivity (Wildman–Crippen MR) is 94.8 cm³/mol. The molecule has 0 spiro atoms. The molecule has 0 bridgehead atoms. The molecule has 4 rings (SSSR count). The van der Waals surface area contributed by atoms with Crippen LogP contribution in [0.4, 0.5) is 0 Å². The van der Waals surface area contributed by atoms with Crippen LogP contribution < -0.4 is 0 Å². The molecule has 0 radical (unpaired) electrons. The molecule has 1 aromatic heterocycles. The van der Waals surface area contributed by atoms with Crippen molar-refractivity contribution in [3.63, 3.8) is 0 Å². The van der Waals surface area contributed by atoms with Crippen molar-refractivity contribution in [2.75, 3.05) is 13.1 Å². The van der Waals surface area contributed by atoms with Gasteiger partial charge in [-0.3, -0.25) is 24.3 Å². The number of benzene rings is 1. The fourth-order valence-electron chi connectivity index (χ4n) is 3.70. The Morgan fingerprint density at radius 1 is 1.08 bits per heavy atom. The summed E-state index contributed by atoms with van der Waals surface area (Å²) in [6, 6.07) is 10.6. The van der Waals surface area contributed by atoms with Gasteiger partial charge in [-0.1, -0.05) is 17.7 Å². The Bertz CT molecular complexity index is 866. The summed E-state index contributed by atoms with van der Waals surface area (Å²) in [7, 11) is 0. The number of pyridine rings is 1. The molecule has 0 aliphatic carbocycles. The molecule has 2 aliphatic rings. The first kappa shape index (κ1) is 16.4. The van der Waals surface area contributed by atoms with Crippen LogP contribution >= 0.6 is 0 Å². The van der Waals surface area contributed by atoms with Gasteiger partial charge in [-0.15, -0.1) is 0 Å². The average Bonchev–Trinajstić information content (AvgIpc) is 2.92. The minimum Gasteiger partial charge on any atom is -0.338 e. The second kappa shape index (κ2) is 6.37. The molecule has 3 heterocycles. The Morgan fingerprint density at radius 3 is 2.54 bits per heavy atom. The third-order valence-corrected chi connectivity index (χ3v) is 5.06. The highest BCUT2D eigenvalue weighted by atomic mass is 16.2. The van der Waals surface area contributed by atoms with E-state index < -0.39 is 0 Å². The number of likely N-dealkylation sites (tertiary alicyclic amines) is 1. The molecule has 26 heavy (non-hydrogen) atoms. The smallest absolute Gasteiger partial charge is 0.280 e. The van der Waals surface area contributed by atoms with Crippen LogP contribution in [-0.2, 0) is 0 Å². The standard InChI is InChI=1S/C20H19N3O3/c1-13-4-2-5-14(12-13)18(24)22-10-7-15(8-11-22)23-19(25)16-6-3-9-21-17(16)20(23)26/h2-6,9,12,15H,7-8,10-11H2,1H3. The monoisotopic (exact) mass is 349 g/mol. The number of carbonyl (C=O) groups excluding carboxylic acids is 3. The van der Waals surface area contributed by atoms with Gasteiger partial charge in [0.25, 0.3) is 17.7 Å². The van der Waals surface area contributed by atoms with Crippen molar-refractivity contribution in [3.8, 4) is 0 Å². The van der Waals surface area contributed by atoms with Crippen LogP contribution in [-0.4, -0.2) is 51.6 Å². The van der Waals surface area contributed by atoms with E-state index in [1.807, 2.05) is 31.2 Å². The minimum absolute atomic E-state index is 0.00354. The van der Waals surface area contributed by atoms with Crippen molar-refractivity contribution in [1.29, 1.82) is 0 Å². The van der Waals surface area contributed by atoms with E-state index >= 15 is 0 Å². The van der Waals surface area contributed by atoms with Crippen LogP contribution in [0.1, 0.15) is 49.6 Å². The van der Waals surface area contributed by atoms with E-state index in [1.54, 1.807) is 17.0 Å². The van der Waals surface area contributed by atoms with Gasteiger partial charge in [-0.2, -0.15) is 0 Å². The third-order valence-electron chi connectivity index (χ3n) is 5.06. The van der Waals surface area contributed by atoms with Crippen LogP contribution in [0.5, 0.6) is 0 Å². The topological polar surface area (TPSA) is 70.6 Å². The molecule has 2 aliphatic heterocycles. The number of imide groups is 1. The summed E-state index contributed by atoms with van der Waals surface area (Å²) in [6.07, 6.45) is 2.70. The lowest BCUT2D eigenvalue weighted by Crippen LogP contribution is -2.48. The molecular formula is C20H19N3O3. The summed E-state index contributed by atoms with van der Waals surface area (Å²) in [4.78, 5) is 44.9. The number of aryl methyl sites for hydroxylation is 1. The van der Waals surface area contributed by atoms with E-state index in [-0.39, 0.29) is 29.5 Å². The molecule has 2 aromatic rings. The SMILES string of the molecule is Cc1cccc(C(=O)N2CCC(N3C(=O)c4cccnc4C3=O)CC2)c1. The lowest BCUT2D eigenvalue weighted by molar-refractivity contribution is 0.0477. The van der Waals surface area contributed by atoms with Gasteiger partial charge in [0.15, 0.2) is 0 Å². The Hall–Kier alpha value is -3.02. The van der Waals surface area contributed by atoms with Crippen molar-refractivity contribution in [3.05, 3.63) is 65.0 Å². The van der Waals surface area contributed by atoms with Crippen molar-refractivity contribution in [1.82, 2.24) is 14.8 Å². The summed E-state index contributed by atoms with van der Waals surface area (Å²) in [5.41, 5.74) is 2.32. The zero-order chi connectivity index (χ0) is 18.3. The molecule has 1 saturated heterocycles. The molecule has 1 fully saturated rings. The lowest BCUT2D eigenvalue weighted by atomic mass is 10.0. The number of nitrogens with zero attached hydrogens (tertiary/aromatic N) is 3. The minimum atomic E-state index is -0.325. The Labute approximate surface area is 151 Å². The summed E-state index contributed by atoms with van der Waals surface area (Å²) in [5.74, 6) is -0.605. The van der Waals surface area contributed by atoms with Gasteiger partial charge < -0.3 is 4.90 Å². The molecule has 0 saturated carbocycles. The van der Waals surface area contributed by atoms with E-state index in [4.69, 9.17) is 0 Å². The lowest BCUT2D eigenvalue weighted by Gasteiger charge is -2.35. The van der Waals surface area contributed by atoms with Gasteiger partial charge in [0.2, 0.25) is 0 Å². The van der Waals surface area contributed by atoms with Gasteiger partial charge in [-0.25, -0.2) is 0 Å². The van der Waals surface area contributed by atoms with Crippen LogP contribution in [0.2, 0.25) is 0 Å². The van der Waals surface area contributed by atoms with Crippen LogP contribution in [0.3, 0.4) is 0 Å². The zero-order valence-electron chi connectivity index (χ0n) is 14.5. The predicted octanol–water partition coefficient (Wildman–Crippen LogP) is 2.29. The molecule has 0 atom stereocenters. The third kappa shape index (κ3) is 2.67. The van der Waals surface area contributed by atoms with E-state index in [1.165, 1.54) is 11.1 Å². The Kier molecular flexibility index (Phi) is 4.03. The number of piperidine rings is 1. The van der Waals surface area contributed by atoms with Crippen LogP contribution in [0.15, 0.2) is 42.6 Å². The maximum Gasteiger partial charge on any atom is 0.280 e. The van der Waals surface area contributed by atoms with Crippen LogP contribution in [0, 0.1) is 6.92 Å². The highest BCUT2D eigenvalue weighted by molar-refractivity contribution is 6.20. The highest BCUT2D eigenvalue weighted by Crippen LogP contribution is 2.27. The fraction of sp³-hybridized carbons (Fsp3) is 0.300. The van der Waals surface area contributed by atoms with Gasteiger partial charge in [0.05, 0.1) is 5.56 Å². The number of amides is 3. The first-order chi connectivity index (χ1) is 12.6. The molecule has 6 heteroatoms. The number of carbonyl (C=O) groups is 3. The largest absolute Gasteiger partial charge is 0.338 e. The first-order valence-corrected chi connectivity index (χ1v) is 8.75. The summed E-state index contributed by atoms with van der Waals surface area (Å²) in [5, 5.41) is 0. The second-order valence-electron chi connectivity index (χ2n) is 6.77. The summed E-state index contributed by atoms with van der Waals surface area (Å²) < 4.78 is 0. The quantitative estimate of drug-likeness (QED) is 0.780. The van der Waals surface area contributed by atoms with E-state index in [9.17, 15) is 14.4 Å². The Morgan fingerprint density at radius 2 is 1.85 bits per heavy atom. The van der Waals surface area contributed by atoms with E-state index in [0.29, 0.717) is 37.1 Å². The molecular weight excluding hydrogens is 330 g/mol. The molecule has 0 unspecified atom stereocenters. The number of rotatable bonds is 2. The average molecular weight is 349 g/mol. The number of hydrogen-bond acceptors (Lipinski definition) is 4. The molecule has 0 N–H and O–H groups in total. The van der Waals surface area contributed by atoms with Gasteiger partial charge in [-0.05, 0) is 44.0 Å². The molecule has 1 aromatic carbocycles. The maximum absolute atomic E-state index is 12.7. The maximum atomic E-state index is 12.7. The van der Waals surface area contributed by atoms with Crippen molar-refractivity contribution in [2.45, 2.75) is 25.8 Å². The number of fused-ring (bicyclic) bond motifs is 1. The summed E-state index contributed by atoms with van der Waals surface area (Å²) in [6.45, 7) is 3.01. The molecule has 6 nitrogen and oxygen atoms in total. The van der Waals surface area contributed by atoms with E-state index in [0.717, 1.165) is 5.56 Å². The molecule has 132 valence electrons. The first-order valence-electron chi connectivity index (χ1n) is 8.75. The van der Waals surface area contributed by atoms with Gasteiger partial charge in [0.1, 0.15) is 5.69 Å². The van der Waals surface area contributed by atoms with Crippen molar-refractivity contribution >= 4 is 17.7 Å². The van der Waals surface area contributed by atoms with E-state index in [2.05, 4.69) is 4.98 Å². The van der Waals surface area contributed by atoms with Gasteiger partial charge in [0, 0.05) is 30.9 Å². The Balaban J connectivity index is 1.45. The van der Waals surface area contributed by atoms with Gasteiger partial charge >= 0.3 is 0 Å². The van der Waals surface area contributed by atoms with Crippen LogP contribution in [0.25, 0.3) is 0 Å². The number of hydrogen-bond donors (Lipinski definition) is 0. The summed E-state index contributed by atoms with van der Waals surface area (Å²) >= 11 is 0. The fourth-order valence-corrected chi connectivity index (χ4v) is 3.70. The highest BCUT2D eigenvalue weighted by Gasteiger charge is 2.42. The number of aromatic nitrogens is 1. The normalized spacial score (nSPS) is 17.6. The second-order valence-corrected chi connectivity index (χ2v) is 6.77. The zero-order valence-corrected chi connectivity index (χ0v) is 14.5. The molecule has 3 amide bonds.